The van der Waals surface area contributed by atoms with E-state index in [1.165, 1.54) is 0 Å². The summed E-state index contributed by atoms with van der Waals surface area (Å²) in [5.74, 6) is -0.348. The Bertz CT molecular complexity index is 871. The van der Waals surface area contributed by atoms with Crippen LogP contribution in [0.25, 0.3) is 5.53 Å². The predicted molar refractivity (Wildman–Crippen MR) is 99.3 cm³/mol. The lowest BCUT2D eigenvalue weighted by Gasteiger charge is -2.28. The molecule has 0 spiro atoms. The van der Waals surface area contributed by atoms with Gasteiger partial charge in [0.25, 0.3) is 5.78 Å². The van der Waals surface area contributed by atoms with E-state index in [0.717, 1.165) is 10.5 Å². The number of halogens is 1. The minimum atomic E-state index is -1.28. The van der Waals surface area contributed by atoms with Crippen LogP contribution in [-0.2, 0) is 15.1 Å². The van der Waals surface area contributed by atoms with Gasteiger partial charge in [-0.1, -0.05) is 35.9 Å². The quantitative estimate of drug-likeness (QED) is 0.457. The van der Waals surface area contributed by atoms with Crippen molar-refractivity contribution < 1.29 is 14.3 Å². The molecule has 1 fully saturated rings. The van der Waals surface area contributed by atoms with Crippen molar-refractivity contribution in [3.8, 4) is 0 Å². The van der Waals surface area contributed by atoms with Crippen molar-refractivity contribution in [1.82, 2.24) is 0 Å². The van der Waals surface area contributed by atoms with Crippen molar-refractivity contribution in [3.63, 3.8) is 0 Å². The van der Waals surface area contributed by atoms with Gasteiger partial charge in [0.15, 0.2) is 0 Å². The third-order valence-electron chi connectivity index (χ3n) is 4.35. The lowest BCUT2D eigenvalue weighted by molar-refractivity contribution is -0.132. The van der Waals surface area contributed by atoms with Crippen LogP contribution in [0.4, 0.5) is 0 Å². The number of carbonyl (C=O) groups is 1. The number of ketones is 1. The van der Waals surface area contributed by atoms with E-state index in [0.29, 0.717) is 10.6 Å². The zero-order chi connectivity index (χ0) is 18.2. The van der Waals surface area contributed by atoms with Crippen LogP contribution in [0.5, 0.6) is 0 Å². The van der Waals surface area contributed by atoms with E-state index in [4.69, 9.17) is 16.3 Å². The largest absolute Gasteiger partial charge is 0.378 e. The molecule has 1 aliphatic heterocycles. The van der Waals surface area contributed by atoms with Gasteiger partial charge in [-0.3, -0.25) is 4.79 Å². The van der Waals surface area contributed by atoms with Gasteiger partial charge in [-0.05, 0) is 44.4 Å². The van der Waals surface area contributed by atoms with E-state index < -0.39 is 11.2 Å². The van der Waals surface area contributed by atoms with Gasteiger partial charge in [-0.25, -0.2) is 0 Å². The fraction of sp³-hybridized carbons (Fsp3) is 0.263. The number of ether oxygens (including phenoxy) is 1. The Balaban J connectivity index is 2.30. The SMILES string of the molecule is CSc1ccc(C2(c3ccc(Cl)cc3)OC(C)(C)C(=O)C2=[N+]=[N-])cc1. The molecule has 25 heavy (non-hydrogen) atoms. The average molecular weight is 373 g/mol. The number of Topliss-reactive ketones (excluding diaryl/α,β-unsaturated/α-hetero) is 1. The maximum Gasteiger partial charge on any atom is 0.378 e. The van der Waals surface area contributed by atoms with Crippen LogP contribution >= 0.6 is 23.4 Å². The molecule has 0 bridgehead atoms. The third kappa shape index (κ3) is 2.83. The molecule has 128 valence electrons. The molecule has 1 heterocycles. The lowest BCUT2D eigenvalue weighted by atomic mass is 9.81. The van der Waals surface area contributed by atoms with Crippen molar-refractivity contribution in [2.75, 3.05) is 6.26 Å². The summed E-state index contributed by atoms with van der Waals surface area (Å²) in [6.45, 7) is 3.35. The zero-order valence-corrected chi connectivity index (χ0v) is 15.7. The Labute approximate surface area is 155 Å². The molecule has 1 atom stereocenters. The van der Waals surface area contributed by atoms with Crippen LogP contribution in [0, 0.1) is 0 Å². The van der Waals surface area contributed by atoms with Crippen LogP contribution in [0.1, 0.15) is 25.0 Å². The number of benzene rings is 2. The summed E-state index contributed by atoms with van der Waals surface area (Å²) in [4.78, 5) is 17.2. The molecule has 0 amide bonds. The maximum absolute atomic E-state index is 12.8. The fourth-order valence-corrected chi connectivity index (χ4v) is 3.64. The number of rotatable bonds is 3. The maximum atomic E-state index is 12.8. The molecule has 3 rings (SSSR count). The first-order chi connectivity index (χ1) is 11.8. The number of nitrogens with zero attached hydrogens (tertiary/aromatic N) is 2. The van der Waals surface area contributed by atoms with Gasteiger partial charge in [0.2, 0.25) is 5.60 Å². The summed E-state index contributed by atoms with van der Waals surface area (Å²) in [7, 11) is 0. The summed E-state index contributed by atoms with van der Waals surface area (Å²) >= 11 is 7.63. The van der Waals surface area contributed by atoms with Crippen LogP contribution in [0.3, 0.4) is 0 Å². The first-order valence-corrected chi connectivity index (χ1v) is 9.33. The number of hydrogen-bond donors (Lipinski definition) is 0. The standard InChI is InChI=1S/C19H17ClN2O2S/c1-18(2)17(23)16(22-21)19(24-18,12-4-8-14(20)9-5-12)13-6-10-15(25-3)11-7-13/h4-11H,1-3H3. The molecule has 1 aliphatic rings. The van der Waals surface area contributed by atoms with Gasteiger partial charge in [-0.15, -0.1) is 11.8 Å². The molecule has 0 radical (unpaired) electrons. The molecule has 1 unspecified atom stereocenters. The normalized spacial score (nSPS) is 22.1. The van der Waals surface area contributed by atoms with Gasteiger partial charge < -0.3 is 10.3 Å². The Kier molecular flexibility index (Phi) is 4.60. The van der Waals surface area contributed by atoms with Crippen molar-refractivity contribution in [1.29, 1.82) is 0 Å². The van der Waals surface area contributed by atoms with E-state index in [9.17, 15) is 10.3 Å². The highest BCUT2D eigenvalue weighted by atomic mass is 35.5. The molecule has 0 saturated carbocycles. The Morgan fingerprint density at radius 2 is 1.56 bits per heavy atom. The van der Waals surface area contributed by atoms with Crippen LogP contribution in [-0.4, -0.2) is 28.1 Å². The molecular weight excluding hydrogens is 356 g/mol. The number of thioether (sulfide) groups is 1. The molecule has 2 aromatic rings. The summed E-state index contributed by atoms with van der Waals surface area (Å²) < 4.78 is 6.25. The smallest absolute Gasteiger partial charge is 0.361 e. The first-order valence-electron chi connectivity index (χ1n) is 7.73. The highest BCUT2D eigenvalue weighted by molar-refractivity contribution is 7.98. The van der Waals surface area contributed by atoms with E-state index in [-0.39, 0.29) is 11.5 Å². The van der Waals surface area contributed by atoms with Gasteiger partial charge >= 0.3 is 5.71 Å². The molecule has 0 aromatic heterocycles. The fourth-order valence-electron chi connectivity index (χ4n) is 3.11. The molecule has 0 aliphatic carbocycles. The molecule has 4 nitrogen and oxygen atoms in total. The summed E-state index contributed by atoms with van der Waals surface area (Å²) in [6, 6.07) is 14.7. The van der Waals surface area contributed by atoms with E-state index in [2.05, 4.69) is 4.79 Å². The number of carbonyl (C=O) groups excluding carboxylic acids is 1. The van der Waals surface area contributed by atoms with Crippen LogP contribution < -0.4 is 0 Å². The first kappa shape index (κ1) is 17.9. The van der Waals surface area contributed by atoms with Gasteiger partial charge in [0, 0.05) is 21.0 Å². The summed E-state index contributed by atoms with van der Waals surface area (Å²) in [5.41, 5.74) is 8.62. The van der Waals surface area contributed by atoms with Crippen molar-refractivity contribution >= 4 is 34.9 Å². The summed E-state index contributed by atoms with van der Waals surface area (Å²) in [5, 5.41) is 0.572. The Morgan fingerprint density at radius 1 is 1.04 bits per heavy atom. The number of hydrogen-bond acceptors (Lipinski definition) is 3. The molecule has 6 heteroatoms. The van der Waals surface area contributed by atoms with Crippen molar-refractivity contribution in [3.05, 3.63) is 70.2 Å². The van der Waals surface area contributed by atoms with E-state index in [1.54, 1.807) is 49.9 Å². The molecule has 0 N–H and O–H groups in total. The second kappa shape index (κ2) is 6.43. The van der Waals surface area contributed by atoms with E-state index >= 15 is 0 Å². The lowest BCUT2D eigenvalue weighted by Crippen LogP contribution is -2.37. The molecular formula is C19H17ClN2O2S. The third-order valence-corrected chi connectivity index (χ3v) is 5.35. The highest BCUT2D eigenvalue weighted by Crippen LogP contribution is 2.45. The topological polar surface area (TPSA) is 62.7 Å². The predicted octanol–water partition coefficient (Wildman–Crippen LogP) is 4.35. The second-order valence-corrected chi connectivity index (χ2v) is 7.62. The zero-order valence-electron chi connectivity index (χ0n) is 14.1. The second-order valence-electron chi connectivity index (χ2n) is 6.31. The Hall–Kier alpha value is -1.91. The van der Waals surface area contributed by atoms with Gasteiger partial charge in [0.1, 0.15) is 5.60 Å². The Morgan fingerprint density at radius 3 is 2.04 bits per heavy atom. The minimum Gasteiger partial charge on any atom is -0.361 e. The van der Waals surface area contributed by atoms with Crippen molar-refractivity contribution in [2.24, 2.45) is 0 Å². The van der Waals surface area contributed by atoms with Crippen LogP contribution in [0.2, 0.25) is 5.02 Å². The van der Waals surface area contributed by atoms with Crippen LogP contribution in [0.15, 0.2) is 53.4 Å². The monoisotopic (exact) mass is 372 g/mol. The van der Waals surface area contributed by atoms with Gasteiger partial charge in [-0.2, -0.15) is 4.79 Å². The van der Waals surface area contributed by atoms with Crippen molar-refractivity contribution in [2.45, 2.75) is 29.9 Å². The molecule has 1 saturated heterocycles. The summed E-state index contributed by atoms with van der Waals surface area (Å²) in [6.07, 6.45) is 1.99. The molecule has 2 aromatic carbocycles. The van der Waals surface area contributed by atoms with Gasteiger partial charge in [0.05, 0.1) is 0 Å². The highest BCUT2D eigenvalue weighted by Gasteiger charge is 2.64. The van der Waals surface area contributed by atoms with E-state index in [1.807, 2.05) is 30.5 Å². The minimum absolute atomic E-state index is 0.0308. The average Bonchev–Trinajstić information content (AvgIpc) is 2.82.